The maximum absolute atomic E-state index is 8.67. The second kappa shape index (κ2) is 6.10. The van der Waals surface area contributed by atoms with Crippen molar-refractivity contribution >= 4 is 17.2 Å². The zero-order valence-corrected chi connectivity index (χ0v) is 11.7. The fourth-order valence-electron chi connectivity index (χ4n) is 2.18. The zero-order chi connectivity index (χ0) is 14.5. The van der Waals surface area contributed by atoms with Crippen LogP contribution in [-0.4, -0.2) is 17.6 Å². The second-order valence-corrected chi connectivity index (χ2v) is 4.62. The summed E-state index contributed by atoms with van der Waals surface area (Å²) in [5.41, 5.74) is 9.74. The molecule has 20 heavy (non-hydrogen) atoms. The zero-order valence-electron chi connectivity index (χ0n) is 11.7. The van der Waals surface area contributed by atoms with Gasteiger partial charge in [0.25, 0.3) is 0 Å². The molecule has 0 aromatic heterocycles. The average molecular weight is 269 g/mol. The molecule has 0 radical (unpaired) electrons. The molecule has 0 unspecified atom stereocenters. The van der Waals surface area contributed by atoms with Gasteiger partial charge in [0.05, 0.1) is 0 Å². The van der Waals surface area contributed by atoms with Crippen LogP contribution in [0.2, 0.25) is 0 Å². The molecule has 0 aliphatic heterocycles. The van der Waals surface area contributed by atoms with Crippen LogP contribution >= 0.6 is 0 Å². The van der Waals surface area contributed by atoms with E-state index in [1.54, 1.807) is 0 Å². The minimum Gasteiger partial charge on any atom is -0.409 e. The largest absolute Gasteiger partial charge is 0.409 e. The van der Waals surface area contributed by atoms with Crippen LogP contribution in [0.3, 0.4) is 0 Å². The number of hydrogen-bond donors (Lipinski definition) is 2. The van der Waals surface area contributed by atoms with Crippen molar-refractivity contribution in [2.24, 2.45) is 10.9 Å². The van der Waals surface area contributed by atoms with Crippen molar-refractivity contribution < 1.29 is 5.21 Å². The standard InChI is InChI=1S/C16H19N3O/c1-3-19(15-6-4-5-12(2)11-15)14-9-7-13(8-10-14)16(17)18-20/h4-11,20H,3H2,1-2H3,(H2,17,18). The summed E-state index contributed by atoms with van der Waals surface area (Å²) >= 11 is 0. The van der Waals surface area contributed by atoms with Crippen LogP contribution in [0, 0.1) is 6.92 Å². The van der Waals surface area contributed by atoms with E-state index in [0.717, 1.165) is 17.9 Å². The predicted octanol–water partition coefficient (Wildman–Crippen LogP) is 3.25. The predicted molar refractivity (Wildman–Crippen MR) is 82.8 cm³/mol. The minimum atomic E-state index is 0.121. The summed E-state index contributed by atoms with van der Waals surface area (Å²) in [5, 5.41) is 11.7. The van der Waals surface area contributed by atoms with Gasteiger partial charge >= 0.3 is 0 Å². The topological polar surface area (TPSA) is 61.8 Å². The Morgan fingerprint density at radius 3 is 2.40 bits per heavy atom. The van der Waals surface area contributed by atoms with Crippen LogP contribution in [0.5, 0.6) is 0 Å². The monoisotopic (exact) mass is 269 g/mol. The minimum absolute atomic E-state index is 0.121. The lowest BCUT2D eigenvalue weighted by Crippen LogP contribution is -2.17. The fourth-order valence-corrected chi connectivity index (χ4v) is 2.18. The Hall–Kier alpha value is -2.49. The van der Waals surface area contributed by atoms with Crippen LogP contribution in [-0.2, 0) is 0 Å². The van der Waals surface area contributed by atoms with Gasteiger partial charge in [-0.3, -0.25) is 0 Å². The third-order valence-electron chi connectivity index (χ3n) is 3.21. The molecule has 0 fully saturated rings. The lowest BCUT2D eigenvalue weighted by atomic mass is 10.1. The number of benzene rings is 2. The normalized spacial score (nSPS) is 11.4. The quantitative estimate of drug-likeness (QED) is 0.387. The molecule has 2 rings (SSSR count). The highest BCUT2D eigenvalue weighted by Gasteiger charge is 2.08. The molecule has 0 amide bonds. The maximum atomic E-state index is 8.67. The lowest BCUT2D eigenvalue weighted by molar-refractivity contribution is 0.318. The van der Waals surface area contributed by atoms with Crippen LogP contribution in [0.25, 0.3) is 0 Å². The Morgan fingerprint density at radius 2 is 1.85 bits per heavy atom. The van der Waals surface area contributed by atoms with Gasteiger partial charge in [-0.15, -0.1) is 0 Å². The summed E-state index contributed by atoms with van der Waals surface area (Å²) in [7, 11) is 0. The van der Waals surface area contributed by atoms with Crippen molar-refractivity contribution in [1.29, 1.82) is 0 Å². The van der Waals surface area contributed by atoms with Gasteiger partial charge in [-0.25, -0.2) is 0 Å². The van der Waals surface area contributed by atoms with Crippen molar-refractivity contribution in [1.82, 2.24) is 0 Å². The first-order valence-corrected chi connectivity index (χ1v) is 6.58. The third-order valence-corrected chi connectivity index (χ3v) is 3.21. The van der Waals surface area contributed by atoms with Gasteiger partial charge in [0.15, 0.2) is 5.84 Å². The van der Waals surface area contributed by atoms with Crippen molar-refractivity contribution in [3.05, 3.63) is 59.7 Å². The maximum Gasteiger partial charge on any atom is 0.170 e. The van der Waals surface area contributed by atoms with Crippen molar-refractivity contribution in [2.45, 2.75) is 13.8 Å². The van der Waals surface area contributed by atoms with E-state index in [9.17, 15) is 0 Å². The Labute approximate surface area is 119 Å². The second-order valence-electron chi connectivity index (χ2n) is 4.62. The summed E-state index contributed by atoms with van der Waals surface area (Å²) in [6, 6.07) is 16.0. The fraction of sp³-hybridized carbons (Fsp3) is 0.188. The van der Waals surface area contributed by atoms with Crippen molar-refractivity contribution in [3.8, 4) is 0 Å². The van der Waals surface area contributed by atoms with Gasteiger partial charge in [0.2, 0.25) is 0 Å². The first kappa shape index (κ1) is 13.9. The van der Waals surface area contributed by atoms with Gasteiger partial charge in [0.1, 0.15) is 0 Å². The summed E-state index contributed by atoms with van der Waals surface area (Å²) in [4.78, 5) is 2.21. The van der Waals surface area contributed by atoms with Crippen LogP contribution < -0.4 is 10.6 Å². The first-order valence-electron chi connectivity index (χ1n) is 6.58. The molecular weight excluding hydrogens is 250 g/mol. The van der Waals surface area contributed by atoms with Gasteiger partial charge in [-0.1, -0.05) is 17.3 Å². The van der Waals surface area contributed by atoms with E-state index in [-0.39, 0.29) is 5.84 Å². The molecule has 0 heterocycles. The Kier molecular flexibility index (Phi) is 4.25. The number of anilines is 2. The van der Waals surface area contributed by atoms with Gasteiger partial charge in [-0.05, 0) is 55.8 Å². The van der Waals surface area contributed by atoms with E-state index in [0.29, 0.717) is 5.56 Å². The van der Waals surface area contributed by atoms with Crippen molar-refractivity contribution in [2.75, 3.05) is 11.4 Å². The number of hydrogen-bond acceptors (Lipinski definition) is 3. The molecule has 0 aliphatic rings. The van der Waals surface area contributed by atoms with E-state index in [1.165, 1.54) is 5.56 Å². The van der Waals surface area contributed by atoms with Gasteiger partial charge in [-0.2, -0.15) is 0 Å². The Bertz CT molecular complexity index is 605. The molecule has 104 valence electrons. The molecule has 2 aromatic rings. The van der Waals surface area contributed by atoms with E-state index in [2.05, 4.69) is 48.2 Å². The highest BCUT2D eigenvalue weighted by atomic mass is 16.4. The number of amidine groups is 1. The van der Waals surface area contributed by atoms with Crippen LogP contribution in [0.15, 0.2) is 53.7 Å². The van der Waals surface area contributed by atoms with Crippen molar-refractivity contribution in [3.63, 3.8) is 0 Å². The molecule has 2 aromatic carbocycles. The molecule has 0 bridgehead atoms. The molecule has 3 N–H and O–H groups in total. The lowest BCUT2D eigenvalue weighted by Gasteiger charge is -2.24. The summed E-state index contributed by atoms with van der Waals surface area (Å²) in [6.07, 6.45) is 0. The number of nitrogens with two attached hydrogens (primary N) is 1. The van der Waals surface area contributed by atoms with Gasteiger partial charge < -0.3 is 15.8 Å². The number of nitrogens with zero attached hydrogens (tertiary/aromatic N) is 2. The number of oxime groups is 1. The summed E-state index contributed by atoms with van der Waals surface area (Å²) < 4.78 is 0. The Balaban J connectivity index is 2.33. The molecule has 4 heteroatoms. The first-order chi connectivity index (χ1) is 9.65. The molecule has 0 saturated heterocycles. The third kappa shape index (κ3) is 2.91. The molecule has 0 aliphatic carbocycles. The highest BCUT2D eigenvalue weighted by Crippen LogP contribution is 2.25. The summed E-state index contributed by atoms with van der Waals surface area (Å²) in [5.74, 6) is 0.121. The highest BCUT2D eigenvalue weighted by molar-refractivity contribution is 5.97. The number of rotatable bonds is 4. The van der Waals surface area contributed by atoms with Crippen LogP contribution in [0.4, 0.5) is 11.4 Å². The molecule has 0 spiro atoms. The van der Waals surface area contributed by atoms with E-state index in [1.807, 2.05) is 24.3 Å². The van der Waals surface area contributed by atoms with E-state index < -0.39 is 0 Å². The molecule has 4 nitrogen and oxygen atoms in total. The SMILES string of the molecule is CCN(c1ccc(/C(N)=N/O)cc1)c1cccc(C)c1. The smallest absolute Gasteiger partial charge is 0.170 e. The van der Waals surface area contributed by atoms with Gasteiger partial charge in [0, 0.05) is 23.5 Å². The van der Waals surface area contributed by atoms with E-state index >= 15 is 0 Å². The number of aryl methyl sites for hydroxylation is 1. The van der Waals surface area contributed by atoms with E-state index in [4.69, 9.17) is 10.9 Å². The summed E-state index contributed by atoms with van der Waals surface area (Å²) in [6.45, 7) is 5.06. The Morgan fingerprint density at radius 1 is 1.15 bits per heavy atom. The van der Waals surface area contributed by atoms with Crippen LogP contribution in [0.1, 0.15) is 18.1 Å². The average Bonchev–Trinajstić information content (AvgIpc) is 2.48. The molecule has 0 atom stereocenters. The molecule has 0 saturated carbocycles. The molecular formula is C16H19N3O.